The summed E-state index contributed by atoms with van der Waals surface area (Å²) in [6.45, 7) is 2.93. The molecule has 0 aromatic heterocycles. The summed E-state index contributed by atoms with van der Waals surface area (Å²) in [4.78, 5) is 0. The smallest absolute Gasteiger partial charge is 0.123 e. The first-order chi connectivity index (χ1) is 9.16. The van der Waals surface area contributed by atoms with E-state index in [1.54, 1.807) is 6.07 Å². The summed E-state index contributed by atoms with van der Waals surface area (Å²) >= 11 is 6.02. The van der Waals surface area contributed by atoms with Crippen LogP contribution in [0.15, 0.2) is 42.5 Å². The van der Waals surface area contributed by atoms with E-state index in [1.807, 2.05) is 31.2 Å². The number of benzene rings is 2. The third kappa shape index (κ3) is 3.86. The second kappa shape index (κ2) is 6.43. The number of hydrogen-bond acceptors (Lipinski definition) is 2. The Morgan fingerprint density at radius 1 is 1.21 bits per heavy atom. The number of rotatable bonds is 5. The summed E-state index contributed by atoms with van der Waals surface area (Å²) in [7, 11) is 0. The van der Waals surface area contributed by atoms with Crippen LogP contribution < -0.4 is 10.1 Å². The van der Waals surface area contributed by atoms with Crippen molar-refractivity contribution in [1.82, 2.24) is 0 Å². The Labute approximate surface area is 117 Å². The molecule has 0 unspecified atom stereocenters. The molecule has 0 aliphatic rings. The van der Waals surface area contributed by atoms with E-state index in [2.05, 4.69) is 5.32 Å². The molecule has 0 saturated heterocycles. The molecule has 0 bridgehead atoms. The van der Waals surface area contributed by atoms with Crippen LogP contribution in [-0.4, -0.2) is 13.2 Å². The Hall–Kier alpha value is -1.74. The maximum atomic E-state index is 12.9. The molecule has 19 heavy (non-hydrogen) atoms. The zero-order chi connectivity index (χ0) is 13.7. The fourth-order valence-corrected chi connectivity index (χ4v) is 1.93. The summed E-state index contributed by atoms with van der Waals surface area (Å²) in [5.41, 5.74) is 1.67. The molecule has 0 saturated carbocycles. The highest BCUT2D eigenvalue weighted by Gasteiger charge is 2.01. The lowest BCUT2D eigenvalue weighted by Crippen LogP contribution is -2.12. The SMILES string of the molecule is Cc1cc(F)ccc1OCCNc1ccccc1Cl. The van der Waals surface area contributed by atoms with E-state index in [4.69, 9.17) is 16.3 Å². The van der Waals surface area contributed by atoms with E-state index in [1.165, 1.54) is 12.1 Å². The van der Waals surface area contributed by atoms with Gasteiger partial charge in [0.05, 0.1) is 10.7 Å². The Bertz CT molecular complexity index is 560. The number of ether oxygens (including phenoxy) is 1. The highest BCUT2D eigenvalue weighted by atomic mass is 35.5. The van der Waals surface area contributed by atoms with Crippen LogP contribution in [-0.2, 0) is 0 Å². The van der Waals surface area contributed by atoms with Gasteiger partial charge in [-0.15, -0.1) is 0 Å². The predicted molar refractivity (Wildman–Crippen MR) is 76.6 cm³/mol. The van der Waals surface area contributed by atoms with Gasteiger partial charge in [0.15, 0.2) is 0 Å². The Morgan fingerprint density at radius 2 is 2.00 bits per heavy atom. The molecule has 0 aliphatic carbocycles. The van der Waals surface area contributed by atoms with Crippen LogP contribution in [0.4, 0.5) is 10.1 Å². The molecule has 0 aliphatic heterocycles. The summed E-state index contributed by atoms with van der Waals surface area (Å²) in [5, 5.41) is 3.86. The second-order valence-corrected chi connectivity index (χ2v) is 4.57. The lowest BCUT2D eigenvalue weighted by Gasteiger charge is -2.11. The molecule has 0 spiro atoms. The zero-order valence-corrected chi connectivity index (χ0v) is 11.4. The lowest BCUT2D eigenvalue weighted by atomic mass is 10.2. The average molecular weight is 280 g/mol. The summed E-state index contributed by atoms with van der Waals surface area (Å²) in [5.74, 6) is 0.446. The van der Waals surface area contributed by atoms with Crippen molar-refractivity contribution >= 4 is 17.3 Å². The molecule has 2 rings (SSSR count). The van der Waals surface area contributed by atoms with Crippen molar-refractivity contribution < 1.29 is 9.13 Å². The van der Waals surface area contributed by atoms with Crippen LogP contribution in [0.25, 0.3) is 0 Å². The molecule has 0 atom stereocenters. The molecule has 2 aromatic rings. The number of aryl methyl sites for hydroxylation is 1. The van der Waals surface area contributed by atoms with E-state index in [9.17, 15) is 4.39 Å². The van der Waals surface area contributed by atoms with Crippen LogP contribution in [0.3, 0.4) is 0 Å². The van der Waals surface area contributed by atoms with Gasteiger partial charge < -0.3 is 10.1 Å². The van der Waals surface area contributed by atoms with Gasteiger partial charge in [-0.05, 0) is 42.8 Å². The summed E-state index contributed by atoms with van der Waals surface area (Å²) in [6, 6.07) is 12.0. The average Bonchev–Trinajstić information content (AvgIpc) is 2.38. The number of hydrogen-bond donors (Lipinski definition) is 1. The summed E-state index contributed by atoms with van der Waals surface area (Å²) in [6.07, 6.45) is 0. The highest BCUT2D eigenvalue weighted by Crippen LogP contribution is 2.20. The Kier molecular flexibility index (Phi) is 4.63. The maximum Gasteiger partial charge on any atom is 0.123 e. The van der Waals surface area contributed by atoms with Crippen molar-refractivity contribution in [2.75, 3.05) is 18.5 Å². The largest absolute Gasteiger partial charge is 0.491 e. The Morgan fingerprint density at radius 3 is 2.74 bits per heavy atom. The van der Waals surface area contributed by atoms with Crippen LogP contribution >= 0.6 is 11.6 Å². The number of halogens is 2. The van der Waals surface area contributed by atoms with Crippen molar-refractivity contribution in [3.05, 3.63) is 58.9 Å². The van der Waals surface area contributed by atoms with Gasteiger partial charge >= 0.3 is 0 Å². The van der Waals surface area contributed by atoms with Crippen LogP contribution in [0, 0.1) is 12.7 Å². The Balaban J connectivity index is 1.83. The van der Waals surface area contributed by atoms with Crippen molar-refractivity contribution in [1.29, 1.82) is 0 Å². The minimum Gasteiger partial charge on any atom is -0.491 e. The maximum absolute atomic E-state index is 12.9. The standard InChI is InChI=1S/C15H15ClFNO/c1-11-10-12(17)6-7-15(11)19-9-8-18-14-5-3-2-4-13(14)16/h2-7,10,18H,8-9H2,1H3. The third-order valence-electron chi connectivity index (χ3n) is 2.69. The van der Waals surface area contributed by atoms with Crippen molar-refractivity contribution in [2.45, 2.75) is 6.92 Å². The molecule has 2 aromatic carbocycles. The van der Waals surface area contributed by atoms with Crippen LogP contribution in [0.1, 0.15) is 5.56 Å². The minimum atomic E-state index is -0.251. The normalized spacial score (nSPS) is 10.3. The van der Waals surface area contributed by atoms with Gasteiger partial charge in [-0.1, -0.05) is 23.7 Å². The summed E-state index contributed by atoms with van der Waals surface area (Å²) < 4.78 is 18.5. The van der Waals surface area contributed by atoms with Crippen molar-refractivity contribution in [3.8, 4) is 5.75 Å². The fraction of sp³-hybridized carbons (Fsp3) is 0.200. The van der Waals surface area contributed by atoms with Gasteiger partial charge in [-0.3, -0.25) is 0 Å². The van der Waals surface area contributed by atoms with Crippen LogP contribution in [0.5, 0.6) is 5.75 Å². The number of para-hydroxylation sites is 1. The van der Waals surface area contributed by atoms with E-state index in [-0.39, 0.29) is 5.82 Å². The molecular weight excluding hydrogens is 265 g/mol. The van der Waals surface area contributed by atoms with Gasteiger partial charge in [-0.2, -0.15) is 0 Å². The molecule has 0 radical (unpaired) electrons. The molecule has 1 N–H and O–H groups in total. The first-order valence-corrected chi connectivity index (χ1v) is 6.42. The van der Waals surface area contributed by atoms with Crippen molar-refractivity contribution in [3.63, 3.8) is 0 Å². The van der Waals surface area contributed by atoms with E-state index >= 15 is 0 Å². The fourth-order valence-electron chi connectivity index (χ4n) is 1.73. The molecule has 100 valence electrons. The van der Waals surface area contributed by atoms with Gasteiger partial charge in [0.2, 0.25) is 0 Å². The molecule has 0 heterocycles. The van der Waals surface area contributed by atoms with E-state index in [0.717, 1.165) is 11.3 Å². The van der Waals surface area contributed by atoms with Crippen molar-refractivity contribution in [2.24, 2.45) is 0 Å². The van der Waals surface area contributed by atoms with Gasteiger partial charge in [0.25, 0.3) is 0 Å². The topological polar surface area (TPSA) is 21.3 Å². The highest BCUT2D eigenvalue weighted by molar-refractivity contribution is 6.33. The lowest BCUT2D eigenvalue weighted by molar-refractivity contribution is 0.330. The van der Waals surface area contributed by atoms with Gasteiger partial charge in [-0.25, -0.2) is 4.39 Å². The van der Waals surface area contributed by atoms with E-state index in [0.29, 0.717) is 23.9 Å². The molecule has 2 nitrogen and oxygen atoms in total. The quantitative estimate of drug-likeness (QED) is 0.825. The number of anilines is 1. The first-order valence-electron chi connectivity index (χ1n) is 6.04. The predicted octanol–water partition coefficient (Wildman–Crippen LogP) is 4.28. The molecule has 0 amide bonds. The van der Waals surface area contributed by atoms with Gasteiger partial charge in [0.1, 0.15) is 18.2 Å². The minimum absolute atomic E-state index is 0.251. The van der Waals surface area contributed by atoms with Crippen LogP contribution in [0.2, 0.25) is 5.02 Å². The molecule has 0 fully saturated rings. The van der Waals surface area contributed by atoms with Gasteiger partial charge in [0, 0.05) is 6.54 Å². The second-order valence-electron chi connectivity index (χ2n) is 4.16. The van der Waals surface area contributed by atoms with E-state index < -0.39 is 0 Å². The molecule has 4 heteroatoms. The zero-order valence-electron chi connectivity index (χ0n) is 10.6. The monoisotopic (exact) mass is 279 g/mol. The number of nitrogens with one attached hydrogen (secondary N) is 1. The third-order valence-corrected chi connectivity index (χ3v) is 3.02. The molecular formula is C15H15ClFNO. The first kappa shape index (κ1) is 13.7.